The summed E-state index contributed by atoms with van der Waals surface area (Å²) in [5.41, 5.74) is 0.489. The molecule has 23 heavy (non-hydrogen) atoms. The molecule has 1 amide bonds. The first-order valence-electron chi connectivity index (χ1n) is 7.60. The van der Waals surface area contributed by atoms with Crippen LogP contribution >= 0.6 is 0 Å². The molecule has 0 aliphatic carbocycles. The van der Waals surface area contributed by atoms with E-state index in [1.165, 1.54) is 6.07 Å². The standard InChI is InChI=1S/C15H23N3O5/c1-2-3-10-23-15(19)17-9-12-22-11-8-16-13-6-4-5-7-14(13)18(20)21/h4-7,16H,2-3,8-12H2,1H3,(H,17,19). The zero-order chi connectivity index (χ0) is 16.9. The topological polar surface area (TPSA) is 103 Å². The Balaban J connectivity index is 2.08. The molecule has 0 unspecified atom stereocenters. The monoisotopic (exact) mass is 325 g/mol. The normalized spacial score (nSPS) is 10.1. The summed E-state index contributed by atoms with van der Waals surface area (Å²) in [5, 5.41) is 16.4. The zero-order valence-electron chi connectivity index (χ0n) is 13.2. The van der Waals surface area contributed by atoms with Gasteiger partial charge in [0.15, 0.2) is 0 Å². The van der Waals surface area contributed by atoms with Crippen molar-refractivity contribution in [3.8, 4) is 0 Å². The lowest BCUT2D eigenvalue weighted by molar-refractivity contribution is -0.384. The van der Waals surface area contributed by atoms with Gasteiger partial charge in [-0.05, 0) is 12.5 Å². The van der Waals surface area contributed by atoms with Crippen molar-refractivity contribution in [1.82, 2.24) is 5.32 Å². The highest BCUT2D eigenvalue weighted by Crippen LogP contribution is 2.22. The first-order valence-corrected chi connectivity index (χ1v) is 7.60. The molecule has 1 aromatic rings. The van der Waals surface area contributed by atoms with E-state index < -0.39 is 11.0 Å². The van der Waals surface area contributed by atoms with Crippen molar-refractivity contribution in [2.45, 2.75) is 19.8 Å². The Morgan fingerprint density at radius 2 is 1.96 bits per heavy atom. The van der Waals surface area contributed by atoms with Gasteiger partial charge in [0.05, 0.1) is 24.7 Å². The van der Waals surface area contributed by atoms with Crippen LogP contribution < -0.4 is 10.6 Å². The molecule has 0 spiro atoms. The quantitative estimate of drug-likeness (QED) is 0.368. The van der Waals surface area contributed by atoms with Gasteiger partial charge < -0.3 is 20.1 Å². The highest BCUT2D eigenvalue weighted by atomic mass is 16.6. The smallest absolute Gasteiger partial charge is 0.407 e. The Labute approximate surface area is 135 Å². The van der Waals surface area contributed by atoms with Gasteiger partial charge in [-0.25, -0.2) is 4.79 Å². The second-order valence-corrected chi connectivity index (χ2v) is 4.73. The van der Waals surface area contributed by atoms with E-state index in [1.807, 2.05) is 6.92 Å². The molecule has 0 saturated carbocycles. The summed E-state index contributed by atoms with van der Waals surface area (Å²) in [6.45, 7) is 3.96. The van der Waals surface area contributed by atoms with Crippen molar-refractivity contribution in [2.24, 2.45) is 0 Å². The van der Waals surface area contributed by atoms with Crippen LogP contribution in [-0.4, -0.2) is 43.9 Å². The molecule has 0 aromatic heterocycles. The number of nitro benzene ring substituents is 1. The van der Waals surface area contributed by atoms with E-state index in [0.29, 0.717) is 38.6 Å². The van der Waals surface area contributed by atoms with Gasteiger partial charge in [-0.2, -0.15) is 0 Å². The average Bonchev–Trinajstić information content (AvgIpc) is 2.54. The number of hydrogen-bond acceptors (Lipinski definition) is 6. The molecule has 0 bridgehead atoms. The summed E-state index contributed by atoms with van der Waals surface area (Å²) >= 11 is 0. The van der Waals surface area contributed by atoms with Crippen LogP contribution in [0.3, 0.4) is 0 Å². The largest absolute Gasteiger partial charge is 0.450 e. The zero-order valence-corrected chi connectivity index (χ0v) is 13.2. The number of anilines is 1. The van der Waals surface area contributed by atoms with Crippen molar-refractivity contribution in [3.63, 3.8) is 0 Å². The molecule has 0 aliphatic heterocycles. The lowest BCUT2D eigenvalue weighted by Gasteiger charge is -2.09. The van der Waals surface area contributed by atoms with Crippen molar-refractivity contribution in [1.29, 1.82) is 0 Å². The molecule has 8 heteroatoms. The van der Waals surface area contributed by atoms with Gasteiger partial charge in [0.2, 0.25) is 0 Å². The minimum absolute atomic E-state index is 0.0315. The second-order valence-electron chi connectivity index (χ2n) is 4.73. The first-order chi connectivity index (χ1) is 11.1. The van der Waals surface area contributed by atoms with Gasteiger partial charge in [0.1, 0.15) is 5.69 Å². The van der Waals surface area contributed by atoms with Gasteiger partial charge in [0, 0.05) is 19.2 Å². The maximum absolute atomic E-state index is 11.2. The SMILES string of the molecule is CCCCOC(=O)NCCOCCNc1ccccc1[N+](=O)[O-]. The number of alkyl carbamates (subject to hydrolysis) is 1. The Morgan fingerprint density at radius 1 is 1.22 bits per heavy atom. The van der Waals surface area contributed by atoms with Crippen LogP contribution in [0.25, 0.3) is 0 Å². The Kier molecular flexibility index (Phi) is 9.14. The molecule has 8 nitrogen and oxygen atoms in total. The van der Waals surface area contributed by atoms with Crippen LogP contribution in [0.4, 0.5) is 16.2 Å². The molecule has 128 valence electrons. The second kappa shape index (κ2) is 11.2. The molecule has 0 saturated heterocycles. The minimum atomic E-state index is -0.444. The van der Waals surface area contributed by atoms with E-state index in [9.17, 15) is 14.9 Å². The fourth-order valence-corrected chi connectivity index (χ4v) is 1.73. The van der Waals surface area contributed by atoms with Gasteiger partial charge in [0.25, 0.3) is 5.69 Å². The number of para-hydroxylation sites is 2. The summed E-state index contributed by atoms with van der Waals surface area (Å²) in [6, 6.07) is 6.43. The molecule has 1 aromatic carbocycles. The predicted molar refractivity (Wildman–Crippen MR) is 86.7 cm³/mol. The third-order valence-electron chi connectivity index (χ3n) is 2.91. The van der Waals surface area contributed by atoms with Gasteiger partial charge in [-0.3, -0.25) is 10.1 Å². The van der Waals surface area contributed by atoms with E-state index in [2.05, 4.69) is 10.6 Å². The molecule has 0 radical (unpaired) electrons. The number of ether oxygens (including phenoxy) is 2. The Hall–Kier alpha value is -2.35. The van der Waals surface area contributed by atoms with E-state index in [-0.39, 0.29) is 5.69 Å². The highest BCUT2D eigenvalue weighted by molar-refractivity contribution is 5.67. The Morgan fingerprint density at radius 3 is 2.70 bits per heavy atom. The van der Waals surface area contributed by atoms with Crippen LogP contribution in [0.15, 0.2) is 24.3 Å². The number of rotatable bonds is 11. The van der Waals surface area contributed by atoms with Crippen LogP contribution in [0.5, 0.6) is 0 Å². The Bertz CT molecular complexity index is 496. The molecule has 0 fully saturated rings. The summed E-state index contributed by atoms with van der Waals surface area (Å²) < 4.78 is 10.3. The summed E-state index contributed by atoms with van der Waals surface area (Å²) in [6.07, 6.45) is 1.38. The van der Waals surface area contributed by atoms with Crippen LogP contribution in [-0.2, 0) is 9.47 Å². The predicted octanol–water partition coefficient (Wildman–Crippen LogP) is 2.55. The lowest BCUT2D eigenvalue weighted by atomic mass is 10.2. The number of carbonyl (C=O) groups excluding carboxylic acids is 1. The maximum Gasteiger partial charge on any atom is 0.407 e. The average molecular weight is 325 g/mol. The fourth-order valence-electron chi connectivity index (χ4n) is 1.73. The van der Waals surface area contributed by atoms with E-state index in [1.54, 1.807) is 18.2 Å². The van der Waals surface area contributed by atoms with E-state index in [0.717, 1.165) is 12.8 Å². The summed E-state index contributed by atoms with van der Waals surface area (Å²) in [7, 11) is 0. The number of carbonyl (C=O) groups is 1. The van der Waals surface area contributed by atoms with E-state index in [4.69, 9.17) is 9.47 Å². The third-order valence-corrected chi connectivity index (χ3v) is 2.91. The first kappa shape index (κ1) is 18.7. The number of nitrogens with zero attached hydrogens (tertiary/aromatic N) is 1. The summed E-state index contributed by atoms with van der Waals surface area (Å²) in [5.74, 6) is 0. The van der Waals surface area contributed by atoms with Crippen molar-refractivity contribution in [2.75, 3.05) is 38.2 Å². The van der Waals surface area contributed by atoms with Crippen LogP contribution in [0.1, 0.15) is 19.8 Å². The third kappa shape index (κ3) is 8.01. The number of unbranched alkanes of at least 4 members (excludes halogenated alkanes) is 1. The van der Waals surface area contributed by atoms with Crippen molar-refractivity contribution >= 4 is 17.5 Å². The molecule has 0 aliphatic rings. The summed E-state index contributed by atoms with van der Waals surface area (Å²) in [4.78, 5) is 21.6. The molecule has 2 N–H and O–H groups in total. The molecule has 1 rings (SSSR count). The van der Waals surface area contributed by atoms with Gasteiger partial charge >= 0.3 is 6.09 Å². The number of hydrogen-bond donors (Lipinski definition) is 2. The molecule has 0 heterocycles. The fraction of sp³-hybridized carbons (Fsp3) is 0.533. The number of benzene rings is 1. The molecule has 0 atom stereocenters. The van der Waals surface area contributed by atoms with Gasteiger partial charge in [-0.15, -0.1) is 0 Å². The highest BCUT2D eigenvalue weighted by Gasteiger charge is 2.11. The lowest BCUT2D eigenvalue weighted by Crippen LogP contribution is -2.28. The van der Waals surface area contributed by atoms with Gasteiger partial charge in [-0.1, -0.05) is 25.5 Å². The number of nitro groups is 1. The van der Waals surface area contributed by atoms with Crippen molar-refractivity contribution < 1.29 is 19.2 Å². The number of nitrogens with one attached hydrogen (secondary N) is 2. The van der Waals surface area contributed by atoms with E-state index >= 15 is 0 Å². The maximum atomic E-state index is 11.2. The van der Waals surface area contributed by atoms with Crippen LogP contribution in [0.2, 0.25) is 0 Å². The van der Waals surface area contributed by atoms with Crippen LogP contribution in [0, 0.1) is 10.1 Å². The minimum Gasteiger partial charge on any atom is -0.450 e. The molecular weight excluding hydrogens is 302 g/mol. The molecular formula is C15H23N3O5. The van der Waals surface area contributed by atoms with Crippen molar-refractivity contribution in [3.05, 3.63) is 34.4 Å². The number of amides is 1.